The second kappa shape index (κ2) is 8.88. The lowest BCUT2D eigenvalue weighted by atomic mass is 9.90. The number of hydrogen-bond acceptors (Lipinski definition) is 7. The Hall–Kier alpha value is -4.17. The topological polar surface area (TPSA) is 85.4 Å². The van der Waals surface area contributed by atoms with Gasteiger partial charge in [-0.25, -0.2) is 14.8 Å². The Morgan fingerprint density at radius 2 is 1.57 bits per heavy atom. The molecular weight excluding hydrogens is 448 g/mol. The predicted octanol–water partition coefficient (Wildman–Crippen LogP) is 3.84. The molecule has 2 heterocycles. The first-order valence-electron chi connectivity index (χ1n) is 11.2. The van der Waals surface area contributed by atoms with Crippen molar-refractivity contribution in [2.45, 2.75) is 19.1 Å². The van der Waals surface area contributed by atoms with Crippen molar-refractivity contribution in [2.75, 3.05) is 24.2 Å². The molecule has 0 bridgehead atoms. The van der Waals surface area contributed by atoms with Gasteiger partial charge in [-0.2, -0.15) is 0 Å². The van der Waals surface area contributed by atoms with E-state index < -0.39 is 29.9 Å². The molecular formula is C27H24N2O6. The Morgan fingerprint density at radius 3 is 2.20 bits per heavy atom. The van der Waals surface area contributed by atoms with E-state index in [-0.39, 0.29) is 5.91 Å². The van der Waals surface area contributed by atoms with Crippen LogP contribution in [-0.4, -0.2) is 38.1 Å². The van der Waals surface area contributed by atoms with Gasteiger partial charge in [-0.1, -0.05) is 30.3 Å². The van der Waals surface area contributed by atoms with E-state index >= 15 is 0 Å². The van der Waals surface area contributed by atoms with Crippen molar-refractivity contribution in [3.05, 3.63) is 89.5 Å². The number of ether oxygens (including phenoxy) is 2. The fraction of sp³-hybridized carbons (Fsp3) is 0.222. The molecule has 3 aromatic rings. The number of amides is 2. The average Bonchev–Trinajstić information content (AvgIpc) is 3.39. The van der Waals surface area contributed by atoms with Gasteiger partial charge in [-0.05, 0) is 60.5 Å². The number of rotatable bonds is 5. The van der Waals surface area contributed by atoms with E-state index in [2.05, 4.69) is 0 Å². The van der Waals surface area contributed by atoms with Crippen molar-refractivity contribution >= 4 is 29.2 Å². The molecule has 0 aliphatic carbocycles. The highest BCUT2D eigenvalue weighted by Gasteiger charge is 2.60. The molecule has 2 saturated heterocycles. The summed E-state index contributed by atoms with van der Waals surface area (Å²) in [6.45, 7) is 1.94. The highest BCUT2D eigenvalue weighted by Crippen LogP contribution is 2.48. The number of para-hydroxylation sites is 1. The number of hydrogen-bond donors (Lipinski definition) is 0. The summed E-state index contributed by atoms with van der Waals surface area (Å²) in [5.74, 6) is -1.36. The van der Waals surface area contributed by atoms with E-state index in [1.165, 1.54) is 12.0 Å². The molecule has 178 valence electrons. The van der Waals surface area contributed by atoms with E-state index in [1.54, 1.807) is 60.7 Å². The number of hydroxylamine groups is 1. The lowest BCUT2D eigenvalue weighted by Gasteiger charge is -2.29. The van der Waals surface area contributed by atoms with Gasteiger partial charge < -0.3 is 9.47 Å². The minimum atomic E-state index is -0.977. The summed E-state index contributed by atoms with van der Waals surface area (Å²) >= 11 is 0. The van der Waals surface area contributed by atoms with Crippen molar-refractivity contribution < 1.29 is 28.7 Å². The fourth-order valence-corrected chi connectivity index (χ4v) is 4.69. The molecule has 0 spiro atoms. The Bertz CT molecular complexity index is 1290. The molecule has 3 atom stereocenters. The maximum absolute atomic E-state index is 13.7. The lowest BCUT2D eigenvalue weighted by Crippen LogP contribution is -2.37. The summed E-state index contributed by atoms with van der Waals surface area (Å²) in [6, 6.07) is 20.6. The van der Waals surface area contributed by atoms with Crippen molar-refractivity contribution in [1.29, 1.82) is 0 Å². The third-order valence-corrected chi connectivity index (χ3v) is 6.47. The van der Waals surface area contributed by atoms with Crippen LogP contribution < -0.4 is 14.7 Å². The van der Waals surface area contributed by atoms with Crippen molar-refractivity contribution in [1.82, 2.24) is 0 Å². The predicted molar refractivity (Wildman–Crippen MR) is 128 cm³/mol. The third-order valence-electron chi connectivity index (χ3n) is 6.47. The standard InChI is InChI=1S/C27H24N2O6/c1-16-6-4-5-7-21(16)29-23(17-8-10-18(11-9-17)27(32)34-3)22-24(35-29)26(31)28(25(22)30)19-12-14-20(33-2)15-13-19/h4-15,22-24H,1-3H3/t22-,23+,24-/m1/s1. The number of aryl methyl sites for hydroxylation is 1. The smallest absolute Gasteiger partial charge is 0.337 e. The van der Waals surface area contributed by atoms with Crippen LogP contribution in [0.3, 0.4) is 0 Å². The number of carbonyl (C=O) groups excluding carboxylic acids is 3. The molecule has 0 radical (unpaired) electrons. The Labute approximate surface area is 202 Å². The summed E-state index contributed by atoms with van der Waals surface area (Å²) in [4.78, 5) is 46.5. The first-order chi connectivity index (χ1) is 16.9. The number of carbonyl (C=O) groups is 3. The number of methoxy groups -OCH3 is 2. The van der Waals surface area contributed by atoms with Gasteiger partial charge in [-0.15, -0.1) is 0 Å². The van der Waals surface area contributed by atoms with Crippen molar-refractivity contribution in [3.8, 4) is 5.75 Å². The van der Waals surface area contributed by atoms with Gasteiger partial charge in [0.2, 0.25) is 5.91 Å². The maximum Gasteiger partial charge on any atom is 0.337 e. The first-order valence-corrected chi connectivity index (χ1v) is 11.2. The van der Waals surface area contributed by atoms with E-state index in [1.807, 2.05) is 31.2 Å². The summed E-state index contributed by atoms with van der Waals surface area (Å²) in [5, 5.41) is 1.65. The molecule has 35 heavy (non-hydrogen) atoms. The minimum absolute atomic E-state index is 0.344. The Kier molecular flexibility index (Phi) is 5.74. The van der Waals surface area contributed by atoms with Crippen LogP contribution in [-0.2, 0) is 19.2 Å². The van der Waals surface area contributed by atoms with Crippen LogP contribution in [0.2, 0.25) is 0 Å². The number of fused-ring (bicyclic) bond motifs is 1. The zero-order chi connectivity index (χ0) is 24.7. The average molecular weight is 472 g/mol. The number of nitrogens with zero attached hydrogens (tertiary/aromatic N) is 2. The SMILES string of the molecule is COC(=O)c1ccc([C@H]2[C@H]3C(=O)N(c4ccc(OC)cc4)C(=O)[C@@H]3ON2c2ccccc2C)cc1. The van der Waals surface area contributed by atoms with Crippen LogP contribution in [0.15, 0.2) is 72.8 Å². The molecule has 0 saturated carbocycles. The molecule has 8 heteroatoms. The van der Waals surface area contributed by atoms with Gasteiger partial charge in [0.05, 0.1) is 37.2 Å². The number of esters is 1. The van der Waals surface area contributed by atoms with E-state index in [0.29, 0.717) is 17.0 Å². The molecule has 3 aromatic carbocycles. The summed E-state index contributed by atoms with van der Waals surface area (Å²) in [6.07, 6.45) is -0.977. The molecule has 2 aliphatic rings. The number of anilines is 2. The van der Waals surface area contributed by atoms with Gasteiger partial charge >= 0.3 is 5.97 Å². The van der Waals surface area contributed by atoms with Crippen LogP contribution in [0.1, 0.15) is 27.5 Å². The van der Waals surface area contributed by atoms with Crippen LogP contribution in [0.4, 0.5) is 11.4 Å². The first kappa shape index (κ1) is 22.6. The molecule has 0 N–H and O–H groups in total. The Morgan fingerprint density at radius 1 is 0.886 bits per heavy atom. The van der Waals surface area contributed by atoms with Crippen LogP contribution in [0, 0.1) is 12.8 Å². The largest absolute Gasteiger partial charge is 0.497 e. The van der Waals surface area contributed by atoms with Crippen LogP contribution in [0.5, 0.6) is 5.75 Å². The normalized spacial score (nSPS) is 21.3. The number of imide groups is 1. The van der Waals surface area contributed by atoms with Gasteiger partial charge in [-0.3, -0.25) is 14.4 Å². The molecule has 2 fully saturated rings. The van der Waals surface area contributed by atoms with Crippen molar-refractivity contribution in [3.63, 3.8) is 0 Å². The lowest BCUT2D eigenvalue weighted by molar-refractivity contribution is -0.126. The molecule has 5 rings (SSSR count). The summed E-state index contributed by atoms with van der Waals surface area (Å²) in [7, 11) is 2.87. The van der Waals surface area contributed by atoms with E-state index in [9.17, 15) is 14.4 Å². The third kappa shape index (κ3) is 3.72. The zero-order valence-corrected chi connectivity index (χ0v) is 19.5. The van der Waals surface area contributed by atoms with E-state index in [0.717, 1.165) is 16.8 Å². The quantitative estimate of drug-likeness (QED) is 0.412. The van der Waals surface area contributed by atoms with Gasteiger partial charge in [0.15, 0.2) is 6.10 Å². The molecule has 2 amide bonds. The molecule has 0 aromatic heterocycles. The second-order valence-corrected chi connectivity index (χ2v) is 8.43. The molecule has 8 nitrogen and oxygen atoms in total. The Balaban J connectivity index is 1.56. The van der Waals surface area contributed by atoms with E-state index in [4.69, 9.17) is 14.3 Å². The van der Waals surface area contributed by atoms with Gasteiger partial charge in [0.1, 0.15) is 11.7 Å². The monoisotopic (exact) mass is 472 g/mol. The molecule has 0 unspecified atom stereocenters. The van der Waals surface area contributed by atoms with Gasteiger partial charge in [0, 0.05) is 0 Å². The fourth-order valence-electron chi connectivity index (χ4n) is 4.69. The highest BCUT2D eigenvalue weighted by molar-refractivity contribution is 6.24. The van der Waals surface area contributed by atoms with Crippen LogP contribution >= 0.6 is 0 Å². The summed E-state index contributed by atoms with van der Waals surface area (Å²) in [5.41, 5.74) is 3.30. The minimum Gasteiger partial charge on any atom is -0.497 e. The van der Waals surface area contributed by atoms with Crippen LogP contribution in [0.25, 0.3) is 0 Å². The maximum atomic E-state index is 13.7. The molecule has 2 aliphatic heterocycles. The zero-order valence-electron chi connectivity index (χ0n) is 19.5. The second-order valence-electron chi connectivity index (χ2n) is 8.43. The van der Waals surface area contributed by atoms with Gasteiger partial charge in [0.25, 0.3) is 5.91 Å². The highest BCUT2D eigenvalue weighted by atomic mass is 16.7. The number of benzene rings is 3. The van der Waals surface area contributed by atoms with Crippen molar-refractivity contribution in [2.24, 2.45) is 5.92 Å². The summed E-state index contributed by atoms with van der Waals surface area (Å²) < 4.78 is 9.99.